The van der Waals surface area contributed by atoms with Crippen molar-refractivity contribution in [2.45, 2.75) is 25.1 Å². The molecule has 0 radical (unpaired) electrons. The number of rotatable bonds is 3. The first-order valence-electron chi connectivity index (χ1n) is 8.23. The minimum Gasteiger partial charge on any atom is -0.390 e. The minimum absolute atomic E-state index is 0.0835. The van der Waals surface area contributed by atoms with Crippen molar-refractivity contribution in [3.63, 3.8) is 0 Å². The second-order valence-electron chi connectivity index (χ2n) is 6.40. The number of hydrogen-bond acceptors (Lipinski definition) is 3. The fraction of sp³-hybridized carbons (Fsp3) is 0.263. The van der Waals surface area contributed by atoms with Crippen LogP contribution in [0.2, 0.25) is 10.0 Å². The Balaban J connectivity index is 1.72. The van der Waals surface area contributed by atoms with Crippen molar-refractivity contribution in [3.05, 3.63) is 69.0 Å². The molecular formula is C19H17Cl2FN2O3. The molecule has 142 valence electrons. The predicted molar refractivity (Wildman–Crippen MR) is 99.9 cm³/mol. The van der Waals surface area contributed by atoms with Crippen molar-refractivity contribution >= 4 is 35.0 Å². The molecule has 1 aliphatic rings. The molecule has 1 aliphatic carbocycles. The van der Waals surface area contributed by atoms with Gasteiger partial charge in [0.15, 0.2) is 0 Å². The number of aliphatic hydroxyl groups is 1. The summed E-state index contributed by atoms with van der Waals surface area (Å²) in [4.78, 5) is 25.9. The first kappa shape index (κ1) is 19.6. The normalized spacial score (nSPS) is 18.1. The molecule has 0 saturated carbocycles. The Morgan fingerprint density at radius 1 is 1.26 bits per heavy atom. The summed E-state index contributed by atoms with van der Waals surface area (Å²) in [6.45, 7) is 0.0835. The lowest BCUT2D eigenvalue weighted by Gasteiger charge is -2.27. The van der Waals surface area contributed by atoms with E-state index in [0.29, 0.717) is 26.7 Å². The number of hydrogen-bond donors (Lipinski definition) is 2. The fourth-order valence-electron chi connectivity index (χ4n) is 3.24. The molecule has 5 nitrogen and oxygen atoms in total. The van der Waals surface area contributed by atoms with Crippen LogP contribution < -0.4 is 5.32 Å². The van der Waals surface area contributed by atoms with E-state index in [1.165, 1.54) is 36.2 Å². The van der Waals surface area contributed by atoms with Crippen LogP contribution in [0.1, 0.15) is 22.7 Å². The average Bonchev–Trinajstić information content (AvgIpc) is 2.96. The van der Waals surface area contributed by atoms with Crippen LogP contribution in [0.4, 0.5) is 4.39 Å². The number of amides is 2. The summed E-state index contributed by atoms with van der Waals surface area (Å²) in [7, 11) is 1.44. The standard InChI is InChI=1S/C19H17Cl2FN2O3/c1-24(17-14-6-11(20)7-15(21)13(14)8-16(17)25)19(27)18(26)23-9-10-2-4-12(22)5-3-10/h2-7,16-17,25H,8-9H2,1H3,(H,23,26)/t16-,17+/m1/s1. The highest BCUT2D eigenvalue weighted by Gasteiger charge is 2.39. The van der Waals surface area contributed by atoms with Gasteiger partial charge in [-0.25, -0.2) is 4.39 Å². The lowest BCUT2D eigenvalue weighted by Crippen LogP contribution is -2.44. The average molecular weight is 411 g/mol. The van der Waals surface area contributed by atoms with Gasteiger partial charge in [0.25, 0.3) is 0 Å². The summed E-state index contributed by atoms with van der Waals surface area (Å²) in [5.74, 6) is -2.01. The summed E-state index contributed by atoms with van der Waals surface area (Å²) >= 11 is 12.2. The SMILES string of the molecule is CN(C(=O)C(=O)NCc1ccc(F)cc1)[C@H]1c2cc(Cl)cc(Cl)c2C[C@H]1O. The van der Waals surface area contributed by atoms with Gasteiger partial charge in [-0.3, -0.25) is 9.59 Å². The van der Waals surface area contributed by atoms with Gasteiger partial charge in [0.1, 0.15) is 5.82 Å². The molecule has 0 aromatic heterocycles. The molecule has 2 aromatic rings. The van der Waals surface area contributed by atoms with Gasteiger partial charge in [-0.05, 0) is 41.0 Å². The first-order chi connectivity index (χ1) is 12.8. The van der Waals surface area contributed by atoms with E-state index < -0.39 is 24.0 Å². The summed E-state index contributed by atoms with van der Waals surface area (Å²) in [6, 6.07) is 8.08. The molecule has 0 aliphatic heterocycles. The zero-order valence-corrected chi connectivity index (χ0v) is 15.9. The van der Waals surface area contributed by atoms with Crippen LogP contribution in [0.25, 0.3) is 0 Å². The van der Waals surface area contributed by atoms with Gasteiger partial charge in [0, 0.05) is 30.1 Å². The maximum atomic E-state index is 12.9. The molecule has 0 heterocycles. The Morgan fingerprint density at radius 2 is 1.93 bits per heavy atom. The minimum atomic E-state index is -0.894. The van der Waals surface area contributed by atoms with Crippen LogP contribution in [-0.4, -0.2) is 35.0 Å². The van der Waals surface area contributed by atoms with Crippen LogP contribution in [0.5, 0.6) is 0 Å². The van der Waals surface area contributed by atoms with Crippen molar-refractivity contribution in [3.8, 4) is 0 Å². The molecule has 2 aromatic carbocycles. The van der Waals surface area contributed by atoms with Crippen molar-refractivity contribution in [2.75, 3.05) is 7.05 Å². The summed E-state index contributed by atoms with van der Waals surface area (Å²) in [6.07, 6.45) is -0.625. The maximum absolute atomic E-state index is 12.9. The summed E-state index contributed by atoms with van der Waals surface area (Å²) in [5.41, 5.74) is 2.00. The molecule has 2 atom stereocenters. The van der Waals surface area contributed by atoms with Gasteiger partial charge in [-0.1, -0.05) is 35.3 Å². The lowest BCUT2D eigenvalue weighted by atomic mass is 10.1. The van der Waals surface area contributed by atoms with Gasteiger partial charge in [-0.2, -0.15) is 0 Å². The van der Waals surface area contributed by atoms with Crippen LogP contribution in [0.3, 0.4) is 0 Å². The van der Waals surface area contributed by atoms with Crippen LogP contribution >= 0.6 is 23.2 Å². The van der Waals surface area contributed by atoms with E-state index in [-0.39, 0.29) is 18.8 Å². The zero-order valence-electron chi connectivity index (χ0n) is 14.4. The quantitative estimate of drug-likeness (QED) is 0.764. The number of aliphatic hydroxyl groups excluding tert-OH is 1. The Bertz CT molecular complexity index is 889. The Morgan fingerprint density at radius 3 is 2.59 bits per heavy atom. The molecular weight excluding hydrogens is 394 g/mol. The number of fused-ring (bicyclic) bond motifs is 1. The van der Waals surface area contributed by atoms with Gasteiger partial charge in [0.05, 0.1) is 12.1 Å². The third-order valence-electron chi connectivity index (χ3n) is 4.59. The Hall–Kier alpha value is -2.15. The molecule has 27 heavy (non-hydrogen) atoms. The van der Waals surface area contributed by atoms with E-state index in [1.807, 2.05) is 0 Å². The van der Waals surface area contributed by atoms with Crippen LogP contribution in [0.15, 0.2) is 36.4 Å². The number of halogens is 3. The van der Waals surface area contributed by atoms with Crippen molar-refractivity contribution in [1.29, 1.82) is 0 Å². The first-order valence-corrected chi connectivity index (χ1v) is 8.99. The topological polar surface area (TPSA) is 69.6 Å². The van der Waals surface area contributed by atoms with E-state index in [2.05, 4.69) is 5.32 Å². The number of benzene rings is 2. The molecule has 3 rings (SSSR count). The van der Waals surface area contributed by atoms with E-state index >= 15 is 0 Å². The largest absolute Gasteiger partial charge is 0.390 e. The van der Waals surface area contributed by atoms with E-state index in [1.54, 1.807) is 12.1 Å². The van der Waals surface area contributed by atoms with Crippen molar-refractivity contribution in [1.82, 2.24) is 10.2 Å². The van der Waals surface area contributed by atoms with E-state index in [0.717, 1.165) is 0 Å². The fourth-order valence-corrected chi connectivity index (χ4v) is 3.83. The highest BCUT2D eigenvalue weighted by atomic mass is 35.5. The summed E-state index contributed by atoms with van der Waals surface area (Å²) < 4.78 is 12.9. The molecule has 0 fully saturated rings. The van der Waals surface area contributed by atoms with Crippen LogP contribution in [0, 0.1) is 5.82 Å². The van der Waals surface area contributed by atoms with Crippen molar-refractivity contribution in [2.24, 2.45) is 0 Å². The molecule has 0 bridgehead atoms. The smallest absolute Gasteiger partial charge is 0.312 e. The van der Waals surface area contributed by atoms with E-state index in [9.17, 15) is 19.1 Å². The lowest BCUT2D eigenvalue weighted by molar-refractivity contribution is -0.147. The second kappa shape index (κ2) is 7.84. The molecule has 8 heteroatoms. The number of carbonyl (C=O) groups is 2. The van der Waals surface area contributed by atoms with Gasteiger partial charge in [-0.15, -0.1) is 0 Å². The second-order valence-corrected chi connectivity index (χ2v) is 7.24. The van der Waals surface area contributed by atoms with Crippen molar-refractivity contribution < 1.29 is 19.1 Å². The summed E-state index contributed by atoms with van der Waals surface area (Å²) in [5, 5.41) is 13.7. The molecule has 0 unspecified atom stereocenters. The Kier molecular flexibility index (Phi) is 5.69. The molecule has 0 spiro atoms. The number of nitrogens with zero attached hydrogens (tertiary/aromatic N) is 1. The number of carbonyl (C=O) groups excluding carboxylic acids is 2. The third kappa shape index (κ3) is 4.08. The van der Waals surface area contributed by atoms with E-state index in [4.69, 9.17) is 23.2 Å². The third-order valence-corrected chi connectivity index (χ3v) is 5.14. The van der Waals surface area contributed by atoms with Gasteiger partial charge < -0.3 is 15.3 Å². The monoisotopic (exact) mass is 410 g/mol. The van der Waals surface area contributed by atoms with Crippen LogP contribution in [-0.2, 0) is 22.6 Å². The number of nitrogens with one attached hydrogen (secondary N) is 1. The number of likely N-dealkylation sites (N-methyl/N-ethyl adjacent to an activating group) is 1. The van der Waals surface area contributed by atoms with Gasteiger partial charge in [0.2, 0.25) is 0 Å². The maximum Gasteiger partial charge on any atom is 0.312 e. The molecule has 2 N–H and O–H groups in total. The highest BCUT2D eigenvalue weighted by Crippen LogP contribution is 2.40. The zero-order chi connectivity index (χ0) is 19.7. The molecule has 2 amide bonds. The molecule has 0 saturated heterocycles. The Labute approximate surface area is 165 Å². The predicted octanol–water partition coefficient (Wildman–Crippen LogP) is 2.87. The van der Waals surface area contributed by atoms with Gasteiger partial charge >= 0.3 is 11.8 Å². The highest BCUT2D eigenvalue weighted by molar-refractivity contribution is 6.36.